The summed E-state index contributed by atoms with van der Waals surface area (Å²) in [6, 6.07) is 11.3. The van der Waals surface area contributed by atoms with Gasteiger partial charge >= 0.3 is 0 Å². The van der Waals surface area contributed by atoms with Crippen LogP contribution >= 0.6 is 0 Å². The lowest BCUT2D eigenvalue weighted by Gasteiger charge is -2.26. The van der Waals surface area contributed by atoms with Gasteiger partial charge in [0.2, 0.25) is 0 Å². The van der Waals surface area contributed by atoms with Crippen molar-refractivity contribution in [2.45, 2.75) is 45.1 Å². The minimum atomic E-state index is 0.314. The van der Waals surface area contributed by atoms with E-state index in [2.05, 4.69) is 35.2 Å². The van der Waals surface area contributed by atoms with Crippen molar-refractivity contribution < 1.29 is 4.79 Å². The number of Topliss-reactive ketones (excluding diaryl/α,β-unsaturated/α-hetero) is 1. The van der Waals surface area contributed by atoms with Crippen molar-refractivity contribution in [3.05, 3.63) is 30.3 Å². The van der Waals surface area contributed by atoms with Gasteiger partial charge in [-0.3, -0.25) is 0 Å². The van der Waals surface area contributed by atoms with E-state index in [1.807, 2.05) is 0 Å². The molecule has 2 rings (SSSR count). The van der Waals surface area contributed by atoms with Crippen molar-refractivity contribution in [2.75, 3.05) is 11.4 Å². The molecule has 1 fully saturated rings. The van der Waals surface area contributed by atoms with E-state index in [1.54, 1.807) is 6.92 Å². The van der Waals surface area contributed by atoms with Gasteiger partial charge in [0, 0.05) is 24.7 Å². The summed E-state index contributed by atoms with van der Waals surface area (Å²) in [6.07, 6.45) is 5.46. The maximum Gasteiger partial charge on any atom is 0.129 e. The molecule has 92 valence electrons. The van der Waals surface area contributed by atoms with Crippen molar-refractivity contribution >= 4 is 11.5 Å². The number of carbonyl (C=O) groups excluding carboxylic acids is 1. The molecular formula is C15H21NO. The summed E-state index contributed by atoms with van der Waals surface area (Å²) in [5, 5.41) is 0. The van der Waals surface area contributed by atoms with Crippen molar-refractivity contribution in [2.24, 2.45) is 0 Å². The SMILES string of the molecule is CC(=O)CCCC1CCCN1c1ccccc1. The monoisotopic (exact) mass is 231 g/mol. The molecule has 1 atom stereocenters. The second kappa shape index (κ2) is 5.85. The Labute approximate surface area is 104 Å². The number of para-hydroxylation sites is 1. The minimum absolute atomic E-state index is 0.314. The van der Waals surface area contributed by atoms with Crippen LogP contribution in [0, 0.1) is 0 Å². The third kappa shape index (κ3) is 3.32. The number of carbonyl (C=O) groups is 1. The van der Waals surface area contributed by atoms with Crippen LogP contribution in [0.1, 0.15) is 39.0 Å². The first-order valence-electron chi connectivity index (χ1n) is 6.58. The molecule has 0 bridgehead atoms. The number of benzene rings is 1. The first-order valence-corrected chi connectivity index (χ1v) is 6.58. The van der Waals surface area contributed by atoms with Crippen molar-refractivity contribution in [3.63, 3.8) is 0 Å². The van der Waals surface area contributed by atoms with Crippen LogP contribution in [0.25, 0.3) is 0 Å². The van der Waals surface area contributed by atoms with Crippen LogP contribution in [-0.4, -0.2) is 18.4 Å². The Morgan fingerprint density at radius 1 is 1.35 bits per heavy atom. The minimum Gasteiger partial charge on any atom is -0.369 e. The van der Waals surface area contributed by atoms with Crippen LogP contribution in [0.5, 0.6) is 0 Å². The van der Waals surface area contributed by atoms with E-state index in [1.165, 1.54) is 18.5 Å². The first kappa shape index (κ1) is 12.2. The summed E-state index contributed by atoms with van der Waals surface area (Å²) in [5.41, 5.74) is 1.33. The lowest BCUT2D eigenvalue weighted by molar-refractivity contribution is -0.117. The van der Waals surface area contributed by atoms with Crippen LogP contribution in [-0.2, 0) is 4.79 Å². The van der Waals surface area contributed by atoms with Gasteiger partial charge in [0.1, 0.15) is 5.78 Å². The zero-order valence-electron chi connectivity index (χ0n) is 10.6. The molecule has 0 radical (unpaired) electrons. The van der Waals surface area contributed by atoms with Gasteiger partial charge in [-0.25, -0.2) is 0 Å². The zero-order chi connectivity index (χ0) is 12.1. The first-order chi connectivity index (χ1) is 8.27. The highest BCUT2D eigenvalue weighted by atomic mass is 16.1. The molecule has 0 aromatic heterocycles. The third-order valence-electron chi connectivity index (χ3n) is 3.53. The van der Waals surface area contributed by atoms with Gasteiger partial charge in [0.05, 0.1) is 0 Å². The molecule has 1 aromatic carbocycles. The highest BCUT2D eigenvalue weighted by Gasteiger charge is 2.23. The fourth-order valence-electron chi connectivity index (χ4n) is 2.68. The van der Waals surface area contributed by atoms with Crippen LogP contribution in [0.2, 0.25) is 0 Å². The van der Waals surface area contributed by atoms with E-state index in [0.717, 1.165) is 25.8 Å². The average Bonchev–Trinajstić information content (AvgIpc) is 2.78. The zero-order valence-corrected chi connectivity index (χ0v) is 10.6. The maximum absolute atomic E-state index is 11.0. The molecule has 1 saturated heterocycles. The molecule has 0 aliphatic carbocycles. The number of hydrogen-bond donors (Lipinski definition) is 0. The Hall–Kier alpha value is -1.31. The Balaban J connectivity index is 1.91. The van der Waals surface area contributed by atoms with Gasteiger partial charge in [-0.1, -0.05) is 18.2 Å². The highest BCUT2D eigenvalue weighted by molar-refractivity contribution is 5.75. The van der Waals surface area contributed by atoms with Crippen LogP contribution in [0.15, 0.2) is 30.3 Å². The van der Waals surface area contributed by atoms with E-state index < -0.39 is 0 Å². The predicted octanol–water partition coefficient (Wildman–Crippen LogP) is 3.41. The van der Waals surface area contributed by atoms with Gasteiger partial charge in [0.15, 0.2) is 0 Å². The highest BCUT2D eigenvalue weighted by Crippen LogP contribution is 2.28. The molecule has 0 spiro atoms. The Morgan fingerprint density at radius 3 is 2.82 bits per heavy atom. The van der Waals surface area contributed by atoms with Gasteiger partial charge in [-0.15, -0.1) is 0 Å². The van der Waals surface area contributed by atoms with E-state index in [4.69, 9.17) is 0 Å². The molecule has 1 aliphatic heterocycles. The second-order valence-corrected chi connectivity index (χ2v) is 4.92. The van der Waals surface area contributed by atoms with E-state index in [0.29, 0.717) is 11.8 Å². The van der Waals surface area contributed by atoms with Crippen LogP contribution < -0.4 is 4.90 Å². The van der Waals surface area contributed by atoms with Crippen molar-refractivity contribution in [1.29, 1.82) is 0 Å². The summed E-state index contributed by atoms with van der Waals surface area (Å²) < 4.78 is 0. The summed E-state index contributed by atoms with van der Waals surface area (Å²) in [4.78, 5) is 13.5. The summed E-state index contributed by atoms with van der Waals surface area (Å²) in [7, 11) is 0. The fraction of sp³-hybridized carbons (Fsp3) is 0.533. The number of rotatable bonds is 5. The molecule has 2 nitrogen and oxygen atoms in total. The van der Waals surface area contributed by atoms with Crippen molar-refractivity contribution in [1.82, 2.24) is 0 Å². The van der Waals surface area contributed by atoms with E-state index >= 15 is 0 Å². The number of hydrogen-bond acceptors (Lipinski definition) is 2. The Kier molecular flexibility index (Phi) is 4.18. The summed E-state index contributed by atoms with van der Waals surface area (Å²) in [6.45, 7) is 2.85. The molecular weight excluding hydrogens is 210 g/mol. The second-order valence-electron chi connectivity index (χ2n) is 4.92. The molecule has 17 heavy (non-hydrogen) atoms. The quantitative estimate of drug-likeness (QED) is 0.774. The normalized spacial score (nSPS) is 19.6. The van der Waals surface area contributed by atoms with Gasteiger partial charge < -0.3 is 9.69 Å². The predicted molar refractivity (Wildman–Crippen MR) is 71.3 cm³/mol. The Bertz CT molecular complexity index is 360. The van der Waals surface area contributed by atoms with Gasteiger partial charge in [-0.2, -0.15) is 0 Å². The van der Waals surface area contributed by atoms with Crippen LogP contribution in [0.3, 0.4) is 0 Å². The lowest BCUT2D eigenvalue weighted by Crippen LogP contribution is -2.29. The molecule has 2 heteroatoms. The lowest BCUT2D eigenvalue weighted by atomic mass is 10.1. The van der Waals surface area contributed by atoms with Gasteiger partial charge in [0.25, 0.3) is 0 Å². The molecule has 0 amide bonds. The van der Waals surface area contributed by atoms with E-state index in [-0.39, 0.29) is 0 Å². The van der Waals surface area contributed by atoms with Crippen LogP contribution in [0.4, 0.5) is 5.69 Å². The summed E-state index contributed by atoms with van der Waals surface area (Å²) in [5.74, 6) is 0.314. The topological polar surface area (TPSA) is 20.3 Å². The fourth-order valence-corrected chi connectivity index (χ4v) is 2.68. The molecule has 1 aliphatic rings. The Morgan fingerprint density at radius 2 is 2.12 bits per heavy atom. The largest absolute Gasteiger partial charge is 0.369 e. The van der Waals surface area contributed by atoms with Gasteiger partial charge in [-0.05, 0) is 44.7 Å². The summed E-state index contributed by atoms with van der Waals surface area (Å²) >= 11 is 0. The van der Waals surface area contributed by atoms with Crippen molar-refractivity contribution in [3.8, 4) is 0 Å². The molecule has 1 unspecified atom stereocenters. The number of nitrogens with zero attached hydrogens (tertiary/aromatic N) is 1. The molecule has 1 heterocycles. The standard InChI is InChI=1S/C15H21NO/c1-13(17)7-5-10-15-11-6-12-16(15)14-8-3-2-4-9-14/h2-4,8-9,15H,5-7,10-12H2,1H3. The average molecular weight is 231 g/mol. The molecule has 1 aromatic rings. The molecule has 0 saturated carbocycles. The maximum atomic E-state index is 11.0. The number of ketones is 1. The van der Waals surface area contributed by atoms with E-state index in [9.17, 15) is 4.79 Å². The third-order valence-corrected chi connectivity index (χ3v) is 3.53. The number of anilines is 1. The molecule has 0 N–H and O–H groups in total. The smallest absolute Gasteiger partial charge is 0.129 e.